The van der Waals surface area contributed by atoms with Crippen LogP contribution in [0.2, 0.25) is 0 Å². The van der Waals surface area contributed by atoms with Gasteiger partial charge in [-0.05, 0) is 44.0 Å². The van der Waals surface area contributed by atoms with Crippen LogP contribution in [0, 0.1) is 0 Å². The summed E-state index contributed by atoms with van der Waals surface area (Å²) >= 11 is 12.0. The van der Waals surface area contributed by atoms with E-state index in [9.17, 15) is 4.79 Å². The van der Waals surface area contributed by atoms with Gasteiger partial charge in [0.2, 0.25) is 0 Å². The van der Waals surface area contributed by atoms with Crippen LogP contribution in [-0.2, 0) is 4.79 Å². The number of carbonyl (C=O) groups is 1. The van der Waals surface area contributed by atoms with Crippen molar-refractivity contribution in [3.05, 3.63) is 27.1 Å². The molecule has 0 heterocycles. The Bertz CT molecular complexity index is 321. The molecular formula is C9H7Br2ClO2. The van der Waals surface area contributed by atoms with Gasteiger partial charge in [0, 0.05) is 5.88 Å². The zero-order valence-corrected chi connectivity index (χ0v) is 11.0. The van der Waals surface area contributed by atoms with Gasteiger partial charge in [-0.1, -0.05) is 6.07 Å². The maximum atomic E-state index is 11.2. The Morgan fingerprint density at radius 1 is 1.36 bits per heavy atom. The SMILES string of the molecule is O=C(CCCl)Oc1c(Br)cccc1Br. The first kappa shape index (κ1) is 12.0. The highest BCUT2D eigenvalue weighted by molar-refractivity contribution is 9.11. The number of benzene rings is 1. The van der Waals surface area contributed by atoms with Gasteiger partial charge in [-0.3, -0.25) is 4.79 Å². The van der Waals surface area contributed by atoms with Gasteiger partial charge in [0.05, 0.1) is 15.4 Å². The summed E-state index contributed by atoms with van der Waals surface area (Å²) in [5.74, 6) is 0.413. The van der Waals surface area contributed by atoms with Gasteiger partial charge in [0.15, 0.2) is 5.75 Å². The van der Waals surface area contributed by atoms with E-state index in [1.165, 1.54) is 0 Å². The number of carbonyl (C=O) groups excluding carboxylic acids is 1. The number of alkyl halides is 1. The number of hydrogen-bond donors (Lipinski definition) is 0. The third kappa shape index (κ3) is 3.26. The summed E-state index contributed by atoms with van der Waals surface area (Å²) in [5, 5.41) is 0. The molecule has 0 atom stereocenters. The van der Waals surface area contributed by atoms with Crippen LogP contribution in [0.4, 0.5) is 0 Å². The van der Waals surface area contributed by atoms with Crippen LogP contribution in [0.25, 0.3) is 0 Å². The minimum absolute atomic E-state index is 0.204. The quantitative estimate of drug-likeness (QED) is 0.475. The van der Waals surface area contributed by atoms with E-state index in [1.54, 1.807) is 12.1 Å². The number of ether oxygens (including phenoxy) is 1. The van der Waals surface area contributed by atoms with Crippen LogP contribution >= 0.6 is 43.5 Å². The lowest BCUT2D eigenvalue weighted by Gasteiger charge is -2.07. The summed E-state index contributed by atoms with van der Waals surface area (Å²) in [6.07, 6.45) is 0.204. The van der Waals surface area contributed by atoms with Gasteiger partial charge in [-0.25, -0.2) is 0 Å². The molecule has 0 unspecified atom stereocenters. The Hall–Kier alpha value is -0.0600. The monoisotopic (exact) mass is 340 g/mol. The second-order valence-electron chi connectivity index (χ2n) is 2.46. The molecule has 0 saturated heterocycles. The number of esters is 1. The highest BCUT2D eigenvalue weighted by Crippen LogP contribution is 2.33. The van der Waals surface area contributed by atoms with Crippen molar-refractivity contribution in [2.75, 3.05) is 5.88 Å². The van der Waals surface area contributed by atoms with Gasteiger partial charge in [0.1, 0.15) is 0 Å². The van der Waals surface area contributed by atoms with Crippen LogP contribution in [0.5, 0.6) is 5.75 Å². The third-order valence-electron chi connectivity index (χ3n) is 1.43. The van der Waals surface area contributed by atoms with Crippen molar-refractivity contribution in [1.82, 2.24) is 0 Å². The number of rotatable bonds is 3. The summed E-state index contributed by atoms with van der Waals surface area (Å²) in [5.41, 5.74) is 0. The lowest BCUT2D eigenvalue weighted by Crippen LogP contribution is -2.08. The summed E-state index contributed by atoms with van der Waals surface area (Å²) in [6, 6.07) is 5.44. The first-order chi connectivity index (χ1) is 6.65. The highest BCUT2D eigenvalue weighted by atomic mass is 79.9. The minimum Gasteiger partial charge on any atom is -0.424 e. The van der Waals surface area contributed by atoms with Crippen LogP contribution in [0.3, 0.4) is 0 Å². The van der Waals surface area contributed by atoms with Crippen LogP contribution in [-0.4, -0.2) is 11.8 Å². The highest BCUT2D eigenvalue weighted by Gasteiger charge is 2.10. The molecule has 0 saturated carbocycles. The van der Waals surface area contributed by atoms with Crippen LogP contribution in [0.1, 0.15) is 6.42 Å². The largest absolute Gasteiger partial charge is 0.424 e. The smallest absolute Gasteiger partial charge is 0.312 e. The number of hydrogen-bond acceptors (Lipinski definition) is 2. The van der Waals surface area contributed by atoms with E-state index < -0.39 is 0 Å². The number of para-hydroxylation sites is 1. The average Bonchev–Trinajstić information content (AvgIpc) is 2.12. The zero-order valence-electron chi connectivity index (χ0n) is 7.10. The Labute approximate surface area is 104 Å². The lowest BCUT2D eigenvalue weighted by atomic mass is 10.3. The van der Waals surface area contributed by atoms with Gasteiger partial charge in [0.25, 0.3) is 0 Å². The number of halogens is 3. The molecular weight excluding hydrogens is 335 g/mol. The molecule has 0 aliphatic heterocycles. The lowest BCUT2D eigenvalue weighted by molar-refractivity contribution is -0.134. The Morgan fingerprint density at radius 2 is 1.93 bits per heavy atom. The molecule has 14 heavy (non-hydrogen) atoms. The van der Waals surface area contributed by atoms with Gasteiger partial charge >= 0.3 is 5.97 Å². The fraction of sp³-hybridized carbons (Fsp3) is 0.222. The first-order valence-electron chi connectivity index (χ1n) is 3.86. The van der Waals surface area contributed by atoms with E-state index in [0.717, 1.165) is 8.95 Å². The van der Waals surface area contributed by atoms with Crippen molar-refractivity contribution in [3.63, 3.8) is 0 Å². The molecule has 0 radical (unpaired) electrons. The minimum atomic E-state index is -0.340. The van der Waals surface area contributed by atoms with E-state index in [2.05, 4.69) is 31.9 Å². The Kier molecular flexibility index (Phi) is 4.92. The Morgan fingerprint density at radius 3 is 2.43 bits per heavy atom. The second-order valence-corrected chi connectivity index (χ2v) is 4.55. The molecule has 5 heteroatoms. The van der Waals surface area contributed by atoms with Crippen LogP contribution < -0.4 is 4.74 Å². The predicted molar refractivity (Wildman–Crippen MR) is 62.8 cm³/mol. The van der Waals surface area contributed by atoms with Crippen molar-refractivity contribution in [1.29, 1.82) is 0 Å². The van der Waals surface area contributed by atoms with E-state index in [1.807, 2.05) is 6.07 Å². The molecule has 0 spiro atoms. The molecule has 0 aliphatic rings. The van der Waals surface area contributed by atoms with Gasteiger partial charge in [-0.2, -0.15) is 0 Å². The van der Waals surface area contributed by atoms with E-state index >= 15 is 0 Å². The molecule has 0 fully saturated rings. The van der Waals surface area contributed by atoms with Gasteiger partial charge in [-0.15, -0.1) is 11.6 Å². The molecule has 0 aromatic heterocycles. The first-order valence-corrected chi connectivity index (χ1v) is 5.98. The van der Waals surface area contributed by atoms with E-state index in [-0.39, 0.29) is 18.3 Å². The van der Waals surface area contributed by atoms with E-state index in [0.29, 0.717) is 5.75 Å². The van der Waals surface area contributed by atoms with Crippen molar-refractivity contribution < 1.29 is 9.53 Å². The normalized spacial score (nSPS) is 9.93. The van der Waals surface area contributed by atoms with E-state index in [4.69, 9.17) is 16.3 Å². The van der Waals surface area contributed by atoms with Crippen molar-refractivity contribution >= 4 is 49.4 Å². The average molecular weight is 342 g/mol. The Balaban J connectivity index is 2.80. The van der Waals surface area contributed by atoms with Crippen molar-refractivity contribution in [3.8, 4) is 5.75 Å². The molecule has 1 aromatic carbocycles. The third-order valence-corrected chi connectivity index (χ3v) is 2.87. The molecule has 0 amide bonds. The maximum absolute atomic E-state index is 11.2. The summed E-state index contributed by atoms with van der Waals surface area (Å²) in [4.78, 5) is 11.2. The maximum Gasteiger partial charge on any atom is 0.312 e. The van der Waals surface area contributed by atoms with Crippen molar-refractivity contribution in [2.45, 2.75) is 6.42 Å². The molecule has 0 aliphatic carbocycles. The summed E-state index contributed by atoms with van der Waals surface area (Å²) in [7, 11) is 0. The summed E-state index contributed by atoms with van der Waals surface area (Å²) in [6.45, 7) is 0. The van der Waals surface area contributed by atoms with Gasteiger partial charge < -0.3 is 4.74 Å². The second kappa shape index (κ2) is 5.73. The van der Waals surface area contributed by atoms with Crippen LogP contribution in [0.15, 0.2) is 27.1 Å². The molecule has 0 bridgehead atoms. The molecule has 1 rings (SSSR count). The standard InChI is InChI=1S/C9H7Br2ClO2/c10-6-2-1-3-7(11)9(6)14-8(13)4-5-12/h1-3H,4-5H2. The molecule has 0 N–H and O–H groups in total. The molecule has 76 valence electrons. The topological polar surface area (TPSA) is 26.3 Å². The van der Waals surface area contributed by atoms with Crippen molar-refractivity contribution in [2.24, 2.45) is 0 Å². The molecule has 2 nitrogen and oxygen atoms in total. The summed E-state index contributed by atoms with van der Waals surface area (Å²) < 4.78 is 6.56. The fourth-order valence-corrected chi connectivity index (χ4v) is 2.14. The zero-order chi connectivity index (χ0) is 10.6. The fourth-order valence-electron chi connectivity index (χ4n) is 0.822. The predicted octanol–water partition coefficient (Wildman–Crippen LogP) is 3.75. The molecule has 1 aromatic rings.